The van der Waals surface area contributed by atoms with E-state index in [2.05, 4.69) is 21.2 Å². The topological polar surface area (TPSA) is 61.7 Å². The van der Waals surface area contributed by atoms with Gasteiger partial charge in [-0.1, -0.05) is 6.92 Å². The van der Waals surface area contributed by atoms with Gasteiger partial charge in [0.1, 0.15) is 0 Å². The Morgan fingerprint density at radius 3 is 2.67 bits per heavy atom. The molecule has 0 aliphatic rings. The Morgan fingerprint density at radius 1 is 1.44 bits per heavy atom. The maximum atomic E-state index is 9.86. The molecule has 0 saturated carbocycles. The van der Waals surface area contributed by atoms with Gasteiger partial charge in [-0.2, -0.15) is 0 Å². The largest absolute Gasteiger partial charge is 0.503 e. The predicted molar refractivity (Wildman–Crippen MR) is 75.0 cm³/mol. The zero-order chi connectivity index (χ0) is 13.8. The Bertz CT molecular complexity index is 407. The number of phenols is 1. The number of aromatic hydroxyl groups is 1. The molecule has 0 saturated heterocycles. The smallest absolute Gasteiger partial charge is 0.172 e. The highest BCUT2D eigenvalue weighted by atomic mass is 79.9. The van der Waals surface area contributed by atoms with Crippen LogP contribution in [0.4, 0.5) is 0 Å². The summed E-state index contributed by atoms with van der Waals surface area (Å²) < 4.78 is 5.68. The van der Waals surface area contributed by atoms with Crippen LogP contribution in [0.2, 0.25) is 0 Å². The van der Waals surface area contributed by atoms with E-state index in [0.717, 1.165) is 5.56 Å². The number of hydrogen-bond donors (Lipinski definition) is 3. The molecule has 1 unspecified atom stereocenters. The summed E-state index contributed by atoms with van der Waals surface area (Å²) >= 11 is 3.28. The van der Waals surface area contributed by atoms with E-state index in [1.54, 1.807) is 13.0 Å². The van der Waals surface area contributed by atoms with Gasteiger partial charge in [-0.3, -0.25) is 0 Å². The molecule has 5 heteroatoms. The Balaban J connectivity index is 2.66. The van der Waals surface area contributed by atoms with Crippen LogP contribution in [0, 0.1) is 0 Å². The summed E-state index contributed by atoms with van der Waals surface area (Å²) in [6, 6.07) is 3.60. The van der Waals surface area contributed by atoms with Crippen LogP contribution >= 0.6 is 15.9 Å². The van der Waals surface area contributed by atoms with Crippen molar-refractivity contribution in [2.45, 2.75) is 32.4 Å². The van der Waals surface area contributed by atoms with Crippen molar-refractivity contribution in [3.63, 3.8) is 0 Å². The van der Waals surface area contributed by atoms with Gasteiger partial charge in [0.15, 0.2) is 11.5 Å². The van der Waals surface area contributed by atoms with Crippen molar-refractivity contribution < 1.29 is 14.9 Å². The SMILES string of the molecule is CCC(C)(O)CNCc1cc(Br)c(O)c(OC)c1. The Labute approximate surface area is 116 Å². The summed E-state index contributed by atoms with van der Waals surface area (Å²) in [5.74, 6) is 0.533. The van der Waals surface area contributed by atoms with Crippen LogP contribution in [-0.2, 0) is 6.54 Å². The van der Waals surface area contributed by atoms with Crippen LogP contribution in [-0.4, -0.2) is 29.5 Å². The van der Waals surface area contributed by atoms with Crippen LogP contribution in [0.15, 0.2) is 16.6 Å². The second-order valence-corrected chi connectivity index (χ2v) is 5.44. The molecule has 0 amide bonds. The van der Waals surface area contributed by atoms with Gasteiger partial charge in [-0.05, 0) is 47.0 Å². The molecule has 1 aromatic carbocycles. The average molecular weight is 318 g/mol. The van der Waals surface area contributed by atoms with E-state index in [4.69, 9.17) is 4.74 Å². The Morgan fingerprint density at radius 2 is 2.11 bits per heavy atom. The van der Waals surface area contributed by atoms with E-state index in [-0.39, 0.29) is 5.75 Å². The number of halogens is 1. The molecule has 0 heterocycles. The maximum Gasteiger partial charge on any atom is 0.172 e. The van der Waals surface area contributed by atoms with Gasteiger partial charge in [0.05, 0.1) is 17.2 Å². The highest BCUT2D eigenvalue weighted by molar-refractivity contribution is 9.10. The molecule has 0 fully saturated rings. The summed E-state index contributed by atoms with van der Waals surface area (Å²) in [4.78, 5) is 0. The number of hydrogen-bond acceptors (Lipinski definition) is 4. The van der Waals surface area contributed by atoms with Gasteiger partial charge >= 0.3 is 0 Å². The van der Waals surface area contributed by atoms with E-state index in [9.17, 15) is 10.2 Å². The van der Waals surface area contributed by atoms with Crippen molar-refractivity contribution in [3.05, 3.63) is 22.2 Å². The van der Waals surface area contributed by atoms with Crippen LogP contribution < -0.4 is 10.1 Å². The average Bonchev–Trinajstić information content (AvgIpc) is 2.33. The first-order valence-corrected chi connectivity index (χ1v) is 6.67. The fraction of sp³-hybridized carbons (Fsp3) is 0.538. The van der Waals surface area contributed by atoms with E-state index >= 15 is 0 Å². The number of methoxy groups -OCH3 is 1. The lowest BCUT2D eigenvalue weighted by molar-refractivity contribution is 0.0555. The highest BCUT2D eigenvalue weighted by Crippen LogP contribution is 2.35. The Hall–Kier alpha value is -0.780. The normalized spacial score (nSPS) is 14.3. The van der Waals surface area contributed by atoms with Gasteiger partial charge in [0.2, 0.25) is 0 Å². The Kier molecular flexibility index (Phi) is 5.44. The van der Waals surface area contributed by atoms with Gasteiger partial charge in [-0.15, -0.1) is 0 Å². The third-order valence-electron chi connectivity index (χ3n) is 2.90. The van der Waals surface area contributed by atoms with E-state index < -0.39 is 5.60 Å². The molecule has 0 aliphatic heterocycles. The van der Waals surface area contributed by atoms with Crippen molar-refractivity contribution in [3.8, 4) is 11.5 Å². The molecule has 18 heavy (non-hydrogen) atoms. The van der Waals surface area contributed by atoms with Crippen molar-refractivity contribution in [2.75, 3.05) is 13.7 Å². The molecule has 0 aromatic heterocycles. The summed E-state index contributed by atoms with van der Waals surface area (Å²) in [5, 5.41) is 22.7. The van der Waals surface area contributed by atoms with Crippen LogP contribution in [0.25, 0.3) is 0 Å². The molecule has 102 valence electrons. The third-order valence-corrected chi connectivity index (χ3v) is 3.51. The van der Waals surface area contributed by atoms with Gasteiger partial charge in [0.25, 0.3) is 0 Å². The minimum atomic E-state index is -0.696. The second-order valence-electron chi connectivity index (χ2n) is 4.58. The fourth-order valence-corrected chi connectivity index (χ4v) is 1.98. The first kappa shape index (κ1) is 15.3. The summed E-state index contributed by atoms with van der Waals surface area (Å²) in [6.45, 7) is 4.87. The number of rotatable bonds is 6. The molecule has 1 rings (SSSR count). The minimum Gasteiger partial charge on any atom is -0.503 e. The van der Waals surface area contributed by atoms with Crippen molar-refractivity contribution in [1.82, 2.24) is 5.32 Å². The molecule has 1 atom stereocenters. The fourth-order valence-electron chi connectivity index (χ4n) is 1.49. The quantitative estimate of drug-likeness (QED) is 0.754. The number of phenolic OH excluding ortho intramolecular Hbond substituents is 1. The molecule has 0 radical (unpaired) electrons. The van der Waals surface area contributed by atoms with Crippen LogP contribution in [0.1, 0.15) is 25.8 Å². The molecule has 0 spiro atoms. The second kappa shape index (κ2) is 6.41. The molecule has 0 bridgehead atoms. The minimum absolute atomic E-state index is 0.0989. The lowest BCUT2D eigenvalue weighted by Gasteiger charge is -2.21. The van der Waals surface area contributed by atoms with E-state index in [1.807, 2.05) is 13.0 Å². The number of ether oxygens (including phenoxy) is 1. The molecule has 3 N–H and O–H groups in total. The zero-order valence-electron chi connectivity index (χ0n) is 11.0. The molecular weight excluding hydrogens is 298 g/mol. The standard InChI is InChI=1S/C13H20BrNO3/c1-4-13(2,17)8-15-7-9-5-10(14)12(16)11(6-9)18-3/h5-6,15-17H,4,7-8H2,1-3H3. The van der Waals surface area contributed by atoms with Crippen LogP contribution in [0.3, 0.4) is 0 Å². The maximum absolute atomic E-state index is 9.86. The van der Waals surface area contributed by atoms with Crippen molar-refractivity contribution >= 4 is 15.9 Å². The van der Waals surface area contributed by atoms with Gasteiger partial charge < -0.3 is 20.3 Å². The zero-order valence-corrected chi connectivity index (χ0v) is 12.5. The predicted octanol–water partition coefficient (Wildman–Crippen LogP) is 2.41. The number of benzene rings is 1. The number of nitrogens with one attached hydrogen (secondary N) is 1. The van der Waals surface area contributed by atoms with E-state index in [0.29, 0.717) is 29.7 Å². The van der Waals surface area contributed by atoms with Gasteiger partial charge in [-0.25, -0.2) is 0 Å². The molecule has 1 aromatic rings. The lowest BCUT2D eigenvalue weighted by Crippen LogP contribution is -2.36. The first-order valence-electron chi connectivity index (χ1n) is 5.88. The van der Waals surface area contributed by atoms with Gasteiger partial charge in [0, 0.05) is 13.1 Å². The monoisotopic (exact) mass is 317 g/mol. The number of aliphatic hydroxyl groups is 1. The van der Waals surface area contributed by atoms with E-state index in [1.165, 1.54) is 7.11 Å². The van der Waals surface area contributed by atoms with Crippen molar-refractivity contribution in [2.24, 2.45) is 0 Å². The highest BCUT2D eigenvalue weighted by Gasteiger charge is 2.16. The molecular formula is C13H20BrNO3. The third kappa shape index (κ3) is 4.15. The molecule has 4 nitrogen and oxygen atoms in total. The lowest BCUT2D eigenvalue weighted by atomic mass is 10.0. The first-order chi connectivity index (χ1) is 8.39. The summed E-state index contributed by atoms with van der Waals surface area (Å²) in [5.41, 5.74) is 0.279. The van der Waals surface area contributed by atoms with Crippen LogP contribution in [0.5, 0.6) is 11.5 Å². The summed E-state index contributed by atoms with van der Waals surface area (Å²) in [6.07, 6.45) is 0.697. The molecule has 0 aliphatic carbocycles. The summed E-state index contributed by atoms with van der Waals surface area (Å²) in [7, 11) is 1.51. The van der Waals surface area contributed by atoms with Crippen molar-refractivity contribution in [1.29, 1.82) is 0 Å².